The predicted octanol–water partition coefficient (Wildman–Crippen LogP) is 0.105. The number of nitrogens with one attached hydrogen (secondary N) is 1. The molecule has 2 rings (SSSR count). The molecule has 0 aliphatic carbocycles. The first-order valence-corrected chi connectivity index (χ1v) is 8.96. The number of alkyl carbamates (subject to hydrolysis) is 1. The highest BCUT2D eigenvalue weighted by atomic mass is 16.7. The first-order chi connectivity index (χ1) is 13.1. The topological polar surface area (TPSA) is 135 Å². The van der Waals surface area contributed by atoms with Crippen molar-refractivity contribution < 1.29 is 39.1 Å². The Morgan fingerprint density at radius 2 is 1.82 bits per heavy atom. The molecule has 1 aromatic rings. The van der Waals surface area contributed by atoms with Crippen molar-refractivity contribution in [2.45, 2.75) is 63.4 Å². The third-order valence-corrected chi connectivity index (χ3v) is 3.94. The Labute approximate surface area is 163 Å². The minimum absolute atomic E-state index is 0.118. The highest BCUT2D eigenvalue weighted by Crippen LogP contribution is 2.18. The van der Waals surface area contributed by atoms with Crippen molar-refractivity contribution in [2.24, 2.45) is 0 Å². The monoisotopic (exact) mass is 397 g/mol. The molecule has 9 nitrogen and oxygen atoms in total. The van der Waals surface area contributed by atoms with Gasteiger partial charge in [0.1, 0.15) is 30.0 Å². The van der Waals surface area contributed by atoms with Gasteiger partial charge >= 0.3 is 12.1 Å². The van der Waals surface area contributed by atoms with E-state index in [1.807, 2.05) is 6.07 Å². The molecule has 1 heterocycles. The van der Waals surface area contributed by atoms with Gasteiger partial charge in [-0.1, -0.05) is 30.3 Å². The van der Waals surface area contributed by atoms with Crippen LogP contribution in [0.4, 0.5) is 4.79 Å². The third-order valence-electron chi connectivity index (χ3n) is 3.94. The van der Waals surface area contributed by atoms with Crippen LogP contribution in [0, 0.1) is 0 Å². The van der Waals surface area contributed by atoms with Crippen LogP contribution >= 0.6 is 0 Å². The molecule has 0 spiro atoms. The summed E-state index contributed by atoms with van der Waals surface area (Å²) in [5.74, 6) is -0.873. The van der Waals surface area contributed by atoms with Crippen molar-refractivity contribution in [3.63, 3.8) is 0 Å². The van der Waals surface area contributed by atoms with Crippen molar-refractivity contribution in [1.82, 2.24) is 5.32 Å². The van der Waals surface area contributed by atoms with Gasteiger partial charge in [0.25, 0.3) is 0 Å². The molecular formula is C19H27NO8. The second-order valence-electron chi connectivity index (χ2n) is 7.58. The van der Waals surface area contributed by atoms with E-state index in [0.29, 0.717) is 0 Å². The number of carbonyl (C=O) groups excluding carboxylic acids is 2. The molecule has 1 amide bonds. The maximum atomic E-state index is 12.6. The smallest absolute Gasteiger partial charge is 0.408 e. The highest BCUT2D eigenvalue weighted by molar-refractivity contribution is 5.82. The lowest BCUT2D eigenvalue weighted by Gasteiger charge is -2.35. The van der Waals surface area contributed by atoms with E-state index in [-0.39, 0.29) is 13.0 Å². The van der Waals surface area contributed by atoms with Crippen LogP contribution in [-0.4, -0.2) is 70.2 Å². The van der Waals surface area contributed by atoms with Crippen LogP contribution in [0.1, 0.15) is 26.3 Å². The summed E-state index contributed by atoms with van der Waals surface area (Å²) in [6, 6.07) is 7.84. The van der Waals surface area contributed by atoms with Crippen LogP contribution in [0.3, 0.4) is 0 Å². The van der Waals surface area contributed by atoms with Crippen LogP contribution in [0.15, 0.2) is 30.3 Å². The van der Waals surface area contributed by atoms with Crippen LogP contribution in [0.5, 0.6) is 0 Å². The Kier molecular flexibility index (Phi) is 7.36. The van der Waals surface area contributed by atoms with Gasteiger partial charge in [0, 0.05) is 6.42 Å². The van der Waals surface area contributed by atoms with E-state index in [0.717, 1.165) is 5.56 Å². The average Bonchev–Trinajstić information content (AvgIpc) is 2.61. The van der Waals surface area contributed by atoms with Gasteiger partial charge < -0.3 is 34.8 Å². The lowest BCUT2D eigenvalue weighted by molar-refractivity contribution is -0.263. The van der Waals surface area contributed by atoms with Crippen molar-refractivity contribution in [2.75, 3.05) is 6.61 Å². The number of carbonyl (C=O) groups is 2. The Morgan fingerprint density at radius 1 is 1.18 bits per heavy atom. The number of amides is 1. The summed E-state index contributed by atoms with van der Waals surface area (Å²) >= 11 is 0. The molecule has 1 aromatic carbocycles. The fourth-order valence-electron chi connectivity index (χ4n) is 2.57. The van der Waals surface area contributed by atoms with E-state index in [2.05, 4.69) is 5.32 Å². The van der Waals surface area contributed by atoms with Gasteiger partial charge in [-0.25, -0.2) is 9.59 Å². The zero-order chi connectivity index (χ0) is 20.9. The van der Waals surface area contributed by atoms with E-state index in [9.17, 15) is 24.9 Å². The second-order valence-corrected chi connectivity index (χ2v) is 7.58. The van der Waals surface area contributed by atoms with E-state index in [1.54, 1.807) is 45.0 Å². The molecule has 156 valence electrons. The summed E-state index contributed by atoms with van der Waals surface area (Å²) in [5, 5.41) is 31.6. The lowest BCUT2D eigenvalue weighted by atomic mass is 10.0. The largest absolute Gasteiger partial charge is 0.444 e. The number of aliphatic hydroxyl groups excluding tert-OH is 3. The van der Waals surface area contributed by atoms with E-state index < -0.39 is 48.3 Å². The van der Waals surface area contributed by atoms with Gasteiger partial charge in [0.2, 0.25) is 6.29 Å². The maximum Gasteiger partial charge on any atom is 0.408 e. The molecule has 1 fully saturated rings. The molecule has 28 heavy (non-hydrogen) atoms. The minimum Gasteiger partial charge on any atom is -0.444 e. The summed E-state index contributed by atoms with van der Waals surface area (Å²) in [6.07, 6.45) is -6.57. The fraction of sp³-hybridized carbons (Fsp3) is 0.579. The molecule has 1 aliphatic rings. The highest BCUT2D eigenvalue weighted by Gasteiger charge is 2.41. The summed E-state index contributed by atoms with van der Waals surface area (Å²) in [5.41, 5.74) is 0.00914. The normalized spacial score (nSPS) is 26.2. The van der Waals surface area contributed by atoms with Gasteiger partial charge in [-0.2, -0.15) is 0 Å². The maximum absolute atomic E-state index is 12.6. The number of esters is 1. The Morgan fingerprint density at radius 3 is 2.43 bits per heavy atom. The summed E-state index contributed by atoms with van der Waals surface area (Å²) in [6.45, 7) is 4.76. The molecule has 0 radical (unpaired) electrons. The Hall–Kier alpha value is -2.20. The average molecular weight is 397 g/mol. The SMILES string of the molecule is CC(C)(C)OC(=O)NC(Cc1ccccc1)C(=O)OC1OCC(O)C(O)C1O. The van der Waals surface area contributed by atoms with Gasteiger partial charge in [-0.05, 0) is 26.3 Å². The first kappa shape index (κ1) is 22.1. The summed E-state index contributed by atoms with van der Waals surface area (Å²) in [7, 11) is 0. The van der Waals surface area contributed by atoms with Crippen LogP contribution in [0.25, 0.3) is 0 Å². The van der Waals surface area contributed by atoms with Crippen LogP contribution in [0.2, 0.25) is 0 Å². The number of hydrogen-bond acceptors (Lipinski definition) is 8. The summed E-state index contributed by atoms with van der Waals surface area (Å²) in [4.78, 5) is 24.7. The van der Waals surface area contributed by atoms with E-state index in [4.69, 9.17) is 14.2 Å². The van der Waals surface area contributed by atoms with Crippen molar-refractivity contribution >= 4 is 12.1 Å². The molecule has 0 aromatic heterocycles. The fourth-order valence-corrected chi connectivity index (χ4v) is 2.57. The lowest BCUT2D eigenvalue weighted by Crippen LogP contribution is -2.55. The molecule has 4 N–H and O–H groups in total. The zero-order valence-corrected chi connectivity index (χ0v) is 16.1. The minimum atomic E-state index is -1.62. The van der Waals surface area contributed by atoms with Gasteiger partial charge in [-0.15, -0.1) is 0 Å². The van der Waals surface area contributed by atoms with Crippen LogP contribution < -0.4 is 5.32 Å². The second kappa shape index (κ2) is 9.33. The number of rotatable bonds is 5. The van der Waals surface area contributed by atoms with Crippen molar-refractivity contribution in [3.8, 4) is 0 Å². The molecule has 1 saturated heterocycles. The number of aliphatic hydroxyl groups is 3. The quantitative estimate of drug-likeness (QED) is 0.514. The van der Waals surface area contributed by atoms with Gasteiger partial charge in [0.15, 0.2) is 0 Å². The molecule has 5 atom stereocenters. The molecule has 1 aliphatic heterocycles. The molecule has 5 unspecified atom stereocenters. The number of ether oxygens (including phenoxy) is 3. The molecular weight excluding hydrogens is 370 g/mol. The molecule has 0 saturated carbocycles. The van der Waals surface area contributed by atoms with Crippen molar-refractivity contribution in [1.29, 1.82) is 0 Å². The number of hydrogen-bond donors (Lipinski definition) is 4. The Balaban J connectivity index is 2.08. The predicted molar refractivity (Wildman–Crippen MR) is 97.2 cm³/mol. The van der Waals surface area contributed by atoms with Gasteiger partial charge in [-0.3, -0.25) is 0 Å². The van der Waals surface area contributed by atoms with E-state index in [1.165, 1.54) is 0 Å². The Bertz CT molecular complexity index is 660. The zero-order valence-electron chi connectivity index (χ0n) is 16.1. The molecule has 0 bridgehead atoms. The number of benzene rings is 1. The summed E-state index contributed by atoms with van der Waals surface area (Å²) < 4.78 is 15.4. The molecule has 9 heteroatoms. The van der Waals surface area contributed by atoms with Gasteiger partial charge in [0.05, 0.1) is 6.61 Å². The van der Waals surface area contributed by atoms with Crippen LogP contribution in [-0.2, 0) is 25.4 Å². The van der Waals surface area contributed by atoms with Crippen molar-refractivity contribution in [3.05, 3.63) is 35.9 Å². The van der Waals surface area contributed by atoms with E-state index >= 15 is 0 Å². The first-order valence-electron chi connectivity index (χ1n) is 8.96. The third kappa shape index (κ3) is 6.45. The standard InChI is InChI=1S/C19H27NO8/c1-19(2,3)28-18(25)20-12(9-11-7-5-4-6-8-11)16(24)27-17-15(23)14(22)13(21)10-26-17/h4-8,12-15,17,21-23H,9-10H2,1-3H3,(H,20,25).